The lowest BCUT2D eigenvalue weighted by Crippen LogP contribution is -2.33. The summed E-state index contributed by atoms with van der Waals surface area (Å²) >= 11 is 1.87. The molecule has 1 saturated heterocycles. The van der Waals surface area contributed by atoms with Crippen LogP contribution in [0.4, 0.5) is 0 Å². The van der Waals surface area contributed by atoms with Crippen LogP contribution in [0.2, 0.25) is 0 Å². The topological polar surface area (TPSA) is 88.4 Å². The van der Waals surface area contributed by atoms with Crippen LogP contribution in [0, 0.1) is 0 Å². The molecule has 0 bridgehead atoms. The van der Waals surface area contributed by atoms with E-state index in [0.29, 0.717) is 5.82 Å². The van der Waals surface area contributed by atoms with Crippen LogP contribution < -0.4 is 5.73 Å². The first-order chi connectivity index (χ1) is 7.72. The Labute approximate surface area is 98.2 Å². The molecule has 6 nitrogen and oxygen atoms in total. The van der Waals surface area contributed by atoms with Gasteiger partial charge in [-0.1, -0.05) is 5.16 Å². The Morgan fingerprint density at radius 1 is 1.75 bits per heavy atom. The fraction of sp³-hybridized carbons (Fsp3) is 0.778. The summed E-state index contributed by atoms with van der Waals surface area (Å²) in [6.45, 7) is 1.11. The standard InChI is InChI=1S/C9H16N4O2S/c1-13-2-3-16-5-6(13)8-11-9(15-12-8)7(14)4-10/h6-7,14H,2-5,10H2,1H3. The van der Waals surface area contributed by atoms with Crippen molar-refractivity contribution >= 4 is 11.8 Å². The number of nitrogens with two attached hydrogens (primary N) is 1. The van der Waals surface area contributed by atoms with Gasteiger partial charge in [0, 0.05) is 24.6 Å². The zero-order chi connectivity index (χ0) is 11.5. The Morgan fingerprint density at radius 2 is 2.56 bits per heavy atom. The molecule has 1 aliphatic rings. The number of nitrogens with zero attached hydrogens (tertiary/aromatic N) is 3. The third-order valence-electron chi connectivity index (χ3n) is 2.66. The zero-order valence-electron chi connectivity index (χ0n) is 9.17. The highest BCUT2D eigenvalue weighted by Gasteiger charge is 2.26. The van der Waals surface area contributed by atoms with Gasteiger partial charge in [0.25, 0.3) is 5.89 Å². The number of hydrogen-bond donors (Lipinski definition) is 2. The molecule has 0 saturated carbocycles. The molecule has 1 aromatic heterocycles. The zero-order valence-corrected chi connectivity index (χ0v) is 9.98. The molecule has 0 spiro atoms. The van der Waals surface area contributed by atoms with Crippen molar-refractivity contribution < 1.29 is 9.63 Å². The monoisotopic (exact) mass is 244 g/mol. The number of aromatic nitrogens is 2. The summed E-state index contributed by atoms with van der Waals surface area (Å²) in [5.41, 5.74) is 5.33. The quantitative estimate of drug-likeness (QED) is 0.760. The minimum Gasteiger partial charge on any atom is -0.382 e. The van der Waals surface area contributed by atoms with Crippen LogP contribution in [-0.4, -0.2) is 51.8 Å². The van der Waals surface area contributed by atoms with E-state index in [1.54, 1.807) is 0 Å². The molecule has 2 heterocycles. The average molecular weight is 244 g/mol. The van der Waals surface area contributed by atoms with Crippen LogP contribution in [0.25, 0.3) is 0 Å². The van der Waals surface area contributed by atoms with Crippen molar-refractivity contribution in [1.29, 1.82) is 0 Å². The van der Waals surface area contributed by atoms with Gasteiger partial charge in [-0.05, 0) is 7.05 Å². The van der Waals surface area contributed by atoms with E-state index < -0.39 is 6.10 Å². The normalized spacial score (nSPS) is 24.6. The predicted octanol–water partition coefficient (Wildman–Crippen LogP) is -0.219. The van der Waals surface area contributed by atoms with Gasteiger partial charge < -0.3 is 15.4 Å². The van der Waals surface area contributed by atoms with Crippen LogP contribution in [0.3, 0.4) is 0 Å². The number of aliphatic hydroxyl groups is 1. The summed E-state index contributed by atoms with van der Waals surface area (Å²) in [5.74, 6) is 2.93. The molecule has 0 amide bonds. The highest BCUT2D eigenvalue weighted by molar-refractivity contribution is 7.99. The van der Waals surface area contributed by atoms with E-state index in [0.717, 1.165) is 18.1 Å². The van der Waals surface area contributed by atoms with E-state index in [9.17, 15) is 5.11 Å². The second-order valence-corrected chi connectivity index (χ2v) is 4.96. The molecule has 0 aliphatic carbocycles. The molecule has 3 N–H and O–H groups in total. The highest BCUT2D eigenvalue weighted by Crippen LogP contribution is 2.26. The molecule has 2 rings (SSSR count). The first kappa shape index (κ1) is 11.8. The van der Waals surface area contributed by atoms with Gasteiger partial charge >= 0.3 is 0 Å². The van der Waals surface area contributed by atoms with Crippen molar-refractivity contribution in [3.05, 3.63) is 11.7 Å². The largest absolute Gasteiger partial charge is 0.382 e. The van der Waals surface area contributed by atoms with Gasteiger partial charge in [0.2, 0.25) is 0 Å². The lowest BCUT2D eigenvalue weighted by molar-refractivity contribution is 0.141. The number of rotatable bonds is 3. The van der Waals surface area contributed by atoms with Crippen molar-refractivity contribution in [2.75, 3.05) is 31.6 Å². The Balaban J connectivity index is 2.11. The molecule has 0 radical (unpaired) electrons. The lowest BCUT2D eigenvalue weighted by atomic mass is 10.2. The fourth-order valence-electron chi connectivity index (χ4n) is 1.58. The van der Waals surface area contributed by atoms with Crippen LogP contribution in [0.5, 0.6) is 0 Å². The summed E-state index contributed by atoms with van der Waals surface area (Å²) in [6, 6.07) is 0.168. The summed E-state index contributed by atoms with van der Waals surface area (Å²) in [6.07, 6.45) is -0.859. The molecule has 1 aromatic rings. The summed E-state index contributed by atoms with van der Waals surface area (Å²) in [5, 5.41) is 13.4. The van der Waals surface area contributed by atoms with Gasteiger partial charge in [-0.2, -0.15) is 16.7 Å². The van der Waals surface area contributed by atoms with Gasteiger partial charge in [0.15, 0.2) is 5.82 Å². The van der Waals surface area contributed by atoms with Crippen LogP contribution in [0.1, 0.15) is 23.9 Å². The Bertz CT molecular complexity index is 346. The maximum atomic E-state index is 9.47. The van der Waals surface area contributed by atoms with Gasteiger partial charge in [0.05, 0.1) is 6.04 Å². The summed E-state index contributed by atoms with van der Waals surface area (Å²) in [7, 11) is 2.04. The molecule has 7 heteroatoms. The van der Waals surface area contributed by atoms with Gasteiger partial charge in [0.1, 0.15) is 6.10 Å². The van der Waals surface area contributed by atoms with E-state index in [4.69, 9.17) is 10.3 Å². The molecule has 0 aromatic carbocycles. The van der Waals surface area contributed by atoms with Crippen molar-refractivity contribution in [2.45, 2.75) is 12.1 Å². The predicted molar refractivity (Wildman–Crippen MR) is 61.0 cm³/mol. The minimum atomic E-state index is -0.859. The Morgan fingerprint density at radius 3 is 3.25 bits per heavy atom. The molecule has 2 atom stereocenters. The second kappa shape index (κ2) is 5.13. The van der Waals surface area contributed by atoms with Gasteiger partial charge in [-0.3, -0.25) is 4.90 Å². The van der Waals surface area contributed by atoms with E-state index in [2.05, 4.69) is 15.0 Å². The van der Waals surface area contributed by atoms with Crippen LogP contribution in [0.15, 0.2) is 4.52 Å². The molecule has 2 unspecified atom stereocenters. The summed E-state index contributed by atoms with van der Waals surface area (Å²) < 4.78 is 4.99. The van der Waals surface area contributed by atoms with Gasteiger partial charge in [-0.25, -0.2) is 0 Å². The molecule has 1 aliphatic heterocycles. The van der Waals surface area contributed by atoms with E-state index in [1.165, 1.54) is 0 Å². The maximum absolute atomic E-state index is 9.47. The third kappa shape index (κ3) is 2.37. The molecular weight excluding hydrogens is 228 g/mol. The number of hydrogen-bond acceptors (Lipinski definition) is 7. The smallest absolute Gasteiger partial charge is 0.256 e. The summed E-state index contributed by atoms with van der Waals surface area (Å²) in [4.78, 5) is 6.39. The molecular formula is C9H16N4O2S. The number of thioether (sulfide) groups is 1. The number of aliphatic hydroxyl groups excluding tert-OH is 1. The van der Waals surface area contributed by atoms with Crippen molar-refractivity contribution in [3.63, 3.8) is 0 Å². The average Bonchev–Trinajstić information content (AvgIpc) is 2.78. The SMILES string of the molecule is CN1CCSCC1c1noc(C(O)CN)n1. The minimum absolute atomic E-state index is 0.0941. The van der Waals surface area contributed by atoms with Crippen molar-refractivity contribution in [3.8, 4) is 0 Å². The van der Waals surface area contributed by atoms with Crippen molar-refractivity contribution in [2.24, 2.45) is 5.73 Å². The van der Waals surface area contributed by atoms with Gasteiger partial charge in [-0.15, -0.1) is 0 Å². The van der Waals surface area contributed by atoms with E-state index in [1.807, 2.05) is 18.8 Å². The maximum Gasteiger partial charge on any atom is 0.256 e. The van der Waals surface area contributed by atoms with E-state index in [-0.39, 0.29) is 18.5 Å². The molecule has 1 fully saturated rings. The first-order valence-electron chi connectivity index (χ1n) is 5.22. The highest BCUT2D eigenvalue weighted by atomic mass is 32.2. The third-order valence-corrected chi connectivity index (χ3v) is 3.68. The fourth-order valence-corrected chi connectivity index (χ4v) is 2.79. The first-order valence-corrected chi connectivity index (χ1v) is 6.37. The Kier molecular flexibility index (Phi) is 3.80. The van der Waals surface area contributed by atoms with Crippen molar-refractivity contribution in [1.82, 2.24) is 15.0 Å². The molecule has 16 heavy (non-hydrogen) atoms. The molecule has 90 valence electrons. The van der Waals surface area contributed by atoms with Crippen LogP contribution in [-0.2, 0) is 0 Å². The lowest BCUT2D eigenvalue weighted by Gasteiger charge is -2.29. The Hall–Kier alpha value is -0.630. The van der Waals surface area contributed by atoms with E-state index >= 15 is 0 Å². The second-order valence-electron chi connectivity index (χ2n) is 3.81. The van der Waals surface area contributed by atoms with Crippen LogP contribution >= 0.6 is 11.8 Å².